The second kappa shape index (κ2) is 5.36. The van der Waals surface area contributed by atoms with E-state index in [0.717, 1.165) is 12.8 Å². The van der Waals surface area contributed by atoms with E-state index in [-0.39, 0.29) is 25.0 Å². The SMILES string of the molecule is CC1CCN(C(=O)N2C[C@H](O)C[C@H]2C(=O)O)C(C)C1. The van der Waals surface area contributed by atoms with Crippen molar-refractivity contribution in [3.8, 4) is 0 Å². The first-order chi connectivity index (χ1) is 8.90. The van der Waals surface area contributed by atoms with Crippen LogP contribution in [0.1, 0.15) is 33.1 Å². The maximum absolute atomic E-state index is 12.5. The average molecular weight is 270 g/mol. The van der Waals surface area contributed by atoms with Gasteiger partial charge >= 0.3 is 12.0 Å². The van der Waals surface area contributed by atoms with Crippen LogP contribution in [0.4, 0.5) is 4.79 Å². The molecule has 2 amide bonds. The molecule has 0 radical (unpaired) electrons. The molecule has 0 spiro atoms. The highest BCUT2D eigenvalue weighted by molar-refractivity contribution is 5.83. The monoisotopic (exact) mass is 270 g/mol. The van der Waals surface area contributed by atoms with Crippen molar-refractivity contribution in [2.24, 2.45) is 5.92 Å². The van der Waals surface area contributed by atoms with Crippen LogP contribution in [-0.2, 0) is 4.79 Å². The number of urea groups is 1. The third-order valence-corrected chi connectivity index (χ3v) is 4.19. The fraction of sp³-hybridized carbons (Fsp3) is 0.846. The van der Waals surface area contributed by atoms with Crippen molar-refractivity contribution in [2.75, 3.05) is 13.1 Å². The molecule has 2 fully saturated rings. The fourth-order valence-corrected chi connectivity index (χ4v) is 3.12. The molecule has 2 rings (SSSR count). The molecule has 0 aromatic rings. The van der Waals surface area contributed by atoms with E-state index in [2.05, 4.69) is 6.92 Å². The smallest absolute Gasteiger partial charge is 0.326 e. The Morgan fingerprint density at radius 3 is 2.42 bits per heavy atom. The number of carboxylic acids is 1. The van der Waals surface area contributed by atoms with Crippen LogP contribution in [0.5, 0.6) is 0 Å². The average Bonchev–Trinajstić information content (AvgIpc) is 2.70. The van der Waals surface area contributed by atoms with Crippen molar-refractivity contribution < 1.29 is 19.8 Å². The van der Waals surface area contributed by atoms with E-state index in [4.69, 9.17) is 5.11 Å². The lowest BCUT2D eigenvalue weighted by molar-refractivity contribution is -0.141. The summed E-state index contributed by atoms with van der Waals surface area (Å²) in [6.07, 6.45) is 1.29. The molecule has 0 aromatic heterocycles. The largest absolute Gasteiger partial charge is 0.480 e. The summed E-state index contributed by atoms with van der Waals surface area (Å²) in [5, 5.41) is 18.7. The number of carbonyl (C=O) groups excluding carboxylic acids is 1. The molecule has 2 heterocycles. The highest BCUT2D eigenvalue weighted by atomic mass is 16.4. The second-order valence-electron chi connectivity index (χ2n) is 5.85. The summed E-state index contributed by atoms with van der Waals surface area (Å²) in [4.78, 5) is 26.7. The van der Waals surface area contributed by atoms with Crippen molar-refractivity contribution in [1.82, 2.24) is 9.80 Å². The van der Waals surface area contributed by atoms with E-state index >= 15 is 0 Å². The number of piperidine rings is 1. The zero-order valence-electron chi connectivity index (χ0n) is 11.5. The number of carboxylic acid groups (broad SMARTS) is 1. The molecule has 2 saturated heterocycles. The molecule has 2 unspecified atom stereocenters. The Morgan fingerprint density at radius 2 is 1.84 bits per heavy atom. The number of hydrogen-bond donors (Lipinski definition) is 2. The molecule has 19 heavy (non-hydrogen) atoms. The number of likely N-dealkylation sites (tertiary alicyclic amines) is 2. The van der Waals surface area contributed by atoms with Crippen LogP contribution in [0.3, 0.4) is 0 Å². The van der Waals surface area contributed by atoms with Gasteiger partial charge in [-0.3, -0.25) is 0 Å². The number of nitrogens with zero attached hydrogens (tertiary/aromatic N) is 2. The van der Waals surface area contributed by atoms with Gasteiger partial charge < -0.3 is 20.0 Å². The molecule has 0 saturated carbocycles. The Kier molecular flexibility index (Phi) is 3.99. The number of aliphatic hydroxyl groups is 1. The first kappa shape index (κ1) is 14.1. The van der Waals surface area contributed by atoms with Gasteiger partial charge in [0.1, 0.15) is 6.04 Å². The molecular weight excluding hydrogens is 248 g/mol. The van der Waals surface area contributed by atoms with Crippen LogP contribution in [0.15, 0.2) is 0 Å². The Morgan fingerprint density at radius 1 is 1.16 bits per heavy atom. The topological polar surface area (TPSA) is 81.1 Å². The quantitative estimate of drug-likeness (QED) is 0.736. The molecule has 2 aliphatic rings. The van der Waals surface area contributed by atoms with Gasteiger partial charge in [0.25, 0.3) is 0 Å². The van der Waals surface area contributed by atoms with Crippen LogP contribution in [0, 0.1) is 5.92 Å². The third kappa shape index (κ3) is 2.83. The van der Waals surface area contributed by atoms with Crippen molar-refractivity contribution in [1.29, 1.82) is 0 Å². The summed E-state index contributed by atoms with van der Waals surface area (Å²) in [5.41, 5.74) is 0. The number of aliphatic carboxylic acids is 1. The van der Waals surface area contributed by atoms with Gasteiger partial charge in [-0.1, -0.05) is 6.92 Å². The normalized spacial score (nSPS) is 35.5. The van der Waals surface area contributed by atoms with Crippen molar-refractivity contribution >= 4 is 12.0 Å². The van der Waals surface area contributed by atoms with Gasteiger partial charge in [0, 0.05) is 25.6 Å². The van der Waals surface area contributed by atoms with Gasteiger partial charge in [-0.25, -0.2) is 9.59 Å². The van der Waals surface area contributed by atoms with E-state index in [1.807, 2.05) is 6.92 Å². The summed E-state index contributed by atoms with van der Waals surface area (Å²) in [6.45, 7) is 4.95. The van der Waals surface area contributed by atoms with Gasteiger partial charge in [-0.15, -0.1) is 0 Å². The molecule has 4 atom stereocenters. The van der Waals surface area contributed by atoms with Crippen LogP contribution in [-0.4, -0.2) is 63.3 Å². The minimum Gasteiger partial charge on any atom is -0.480 e. The summed E-state index contributed by atoms with van der Waals surface area (Å²) < 4.78 is 0. The first-order valence-corrected chi connectivity index (χ1v) is 6.88. The molecule has 6 heteroatoms. The zero-order chi connectivity index (χ0) is 14.2. The highest BCUT2D eigenvalue weighted by Crippen LogP contribution is 2.26. The van der Waals surface area contributed by atoms with E-state index < -0.39 is 18.1 Å². The maximum atomic E-state index is 12.5. The molecule has 0 bridgehead atoms. The molecule has 2 N–H and O–H groups in total. The fourth-order valence-electron chi connectivity index (χ4n) is 3.12. The van der Waals surface area contributed by atoms with Gasteiger partial charge in [0.15, 0.2) is 0 Å². The zero-order valence-corrected chi connectivity index (χ0v) is 11.5. The molecule has 6 nitrogen and oxygen atoms in total. The van der Waals surface area contributed by atoms with Crippen LogP contribution in [0.2, 0.25) is 0 Å². The van der Waals surface area contributed by atoms with Crippen LogP contribution < -0.4 is 0 Å². The Labute approximate surface area is 113 Å². The molecule has 2 aliphatic heterocycles. The maximum Gasteiger partial charge on any atom is 0.326 e. The number of carbonyl (C=O) groups is 2. The predicted molar refractivity (Wildman–Crippen MR) is 68.7 cm³/mol. The van der Waals surface area contributed by atoms with Gasteiger partial charge in [-0.05, 0) is 25.7 Å². The molecular formula is C13H22N2O4. The van der Waals surface area contributed by atoms with Crippen molar-refractivity contribution in [2.45, 2.75) is 51.3 Å². The number of rotatable bonds is 1. The standard InChI is InChI=1S/C13H22N2O4/c1-8-3-4-14(9(2)5-8)13(19)15-7-10(16)6-11(15)12(17)18/h8-11,16H,3-7H2,1-2H3,(H,17,18)/t8?,9?,10-,11+/m1/s1. The number of amides is 2. The van der Waals surface area contributed by atoms with Gasteiger partial charge in [-0.2, -0.15) is 0 Å². The van der Waals surface area contributed by atoms with Gasteiger partial charge in [0.2, 0.25) is 0 Å². The van der Waals surface area contributed by atoms with E-state index in [1.165, 1.54) is 4.90 Å². The summed E-state index contributed by atoms with van der Waals surface area (Å²) in [7, 11) is 0. The van der Waals surface area contributed by atoms with Gasteiger partial charge in [0.05, 0.1) is 6.10 Å². The third-order valence-electron chi connectivity index (χ3n) is 4.19. The first-order valence-electron chi connectivity index (χ1n) is 6.88. The van der Waals surface area contributed by atoms with Crippen LogP contribution in [0.25, 0.3) is 0 Å². The molecule has 0 aliphatic carbocycles. The lowest BCUT2D eigenvalue weighted by atomic mass is 9.94. The Bertz CT molecular complexity index is 374. The van der Waals surface area contributed by atoms with Crippen molar-refractivity contribution in [3.63, 3.8) is 0 Å². The lowest BCUT2D eigenvalue weighted by Gasteiger charge is -2.39. The predicted octanol–water partition coefficient (Wildman–Crippen LogP) is 0.747. The minimum absolute atomic E-state index is 0.120. The highest BCUT2D eigenvalue weighted by Gasteiger charge is 2.42. The second-order valence-corrected chi connectivity index (χ2v) is 5.85. The Hall–Kier alpha value is -1.30. The van der Waals surface area contributed by atoms with E-state index in [9.17, 15) is 14.7 Å². The lowest BCUT2D eigenvalue weighted by Crippen LogP contribution is -2.53. The number of hydrogen-bond acceptors (Lipinski definition) is 3. The molecule has 108 valence electrons. The number of aliphatic hydroxyl groups excluding tert-OH is 1. The summed E-state index contributed by atoms with van der Waals surface area (Å²) in [5.74, 6) is -0.443. The van der Waals surface area contributed by atoms with E-state index in [0.29, 0.717) is 12.5 Å². The minimum atomic E-state index is -1.04. The van der Waals surface area contributed by atoms with Crippen LogP contribution >= 0.6 is 0 Å². The Balaban J connectivity index is 2.08. The van der Waals surface area contributed by atoms with E-state index in [1.54, 1.807) is 4.90 Å². The number of β-amino-alcohol motifs (C(OH)–C–C–N with tert-alkyl or cyclic N) is 1. The molecule has 0 aromatic carbocycles. The summed E-state index contributed by atoms with van der Waals surface area (Å²) in [6, 6.07) is -1.01. The summed E-state index contributed by atoms with van der Waals surface area (Å²) >= 11 is 0. The van der Waals surface area contributed by atoms with Crippen molar-refractivity contribution in [3.05, 3.63) is 0 Å².